The molecule has 0 spiro atoms. The summed E-state index contributed by atoms with van der Waals surface area (Å²) in [6, 6.07) is 0. The number of carbonyl (C=O) groups excluding carboxylic acids is 3. The van der Waals surface area contributed by atoms with Crippen molar-refractivity contribution in [2.75, 3.05) is 6.61 Å². The van der Waals surface area contributed by atoms with Crippen molar-refractivity contribution in [3.05, 3.63) is 36.8 Å². The molecule has 2 unspecified atom stereocenters. The van der Waals surface area contributed by atoms with Gasteiger partial charge in [0.05, 0.1) is 17.8 Å². The van der Waals surface area contributed by atoms with E-state index in [2.05, 4.69) is 12.3 Å². The highest BCUT2D eigenvalue weighted by molar-refractivity contribution is 5.74. The van der Waals surface area contributed by atoms with Gasteiger partial charge in [0.15, 0.2) is 0 Å². The fourth-order valence-corrected chi connectivity index (χ4v) is 1.78. The van der Waals surface area contributed by atoms with E-state index in [4.69, 9.17) is 20.0 Å². The largest absolute Gasteiger partial charge is 0.512 e. The standard InChI is InChI=1S/C18H31NO5.C3H6.CH3NO/c1-12(2)14(5)9-17(21)23-11-15(18(22)24-13(3)4)10-16(20)7-6-8-19;1-3-2;2-1-3/h6-8,12-15,20H,9-11,19H2,1-5H3;3H,1H2,2H3;1H,(H2,2,3)/b8-6-,16-7+;;. The Morgan fingerprint density at radius 3 is 2.00 bits per heavy atom. The second-order valence-electron chi connectivity index (χ2n) is 7.08. The van der Waals surface area contributed by atoms with Gasteiger partial charge in [0, 0.05) is 12.8 Å². The Bertz CT molecular complexity index is 536. The average molecular weight is 429 g/mol. The molecular formula is C22H40N2O6. The van der Waals surface area contributed by atoms with E-state index in [-0.39, 0.29) is 43.2 Å². The Kier molecular flexibility index (Phi) is 22.3. The fourth-order valence-electron chi connectivity index (χ4n) is 1.78. The Morgan fingerprint density at radius 2 is 1.60 bits per heavy atom. The van der Waals surface area contributed by atoms with Gasteiger partial charge in [-0.25, -0.2) is 0 Å². The minimum absolute atomic E-state index is 0.0168. The molecule has 8 nitrogen and oxygen atoms in total. The molecule has 0 aliphatic heterocycles. The number of aliphatic hydroxyl groups is 1. The van der Waals surface area contributed by atoms with Crippen LogP contribution in [-0.4, -0.2) is 36.2 Å². The molecule has 5 N–H and O–H groups in total. The third-order valence-electron chi connectivity index (χ3n) is 3.61. The molecule has 174 valence electrons. The molecule has 8 heteroatoms. The molecule has 0 fully saturated rings. The zero-order valence-electron chi connectivity index (χ0n) is 19.2. The molecule has 0 aromatic heterocycles. The lowest BCUT2D eigenvalue weighted by Gasteiger charge is -2.19. The van der Waals surface area contributed by atoms with Crippen LogP contribution in [0.15, 0.2) is 36.8 Å². The summed E-state index contributed by atoms with van der Waals surface area (Å²) in [4.78, 5) is 32.6. The van der Waals surface area contributed by atoms with Crippen molar-refractivity contribution in [1.29, 1.82) is 0 Å². The van der Waals surface area contributed by atoms with Gasteiger partial charge in [0.25, 0.3) is 0 Å². The van der Waals surface area contributed by atoms with Crippen molar-refractivity contribution < 1.29 is 29.0 Å². The first-order chi connectivity index (χ1) is 14.0. The number of primary amides is 1. The maximum Gasteiger partial charge on any atom is 0.313 e. The third kappa shape index (κ3) is 21.5. The molecule has 0 radical (unpaired) electrons. The van der Waals surface area contributed by atoms with Crippen LogP contribution >= 0.6 is 0 Å². The summed E-state index contributed by atoms with van der Waals surface area (Å²) in [5.41, 5.74) is 9.37. The number of carbonyl (C=O) groups is 3. The highest BCUT2D eigenvalue weighted by atomic mass is 16.6. The molecule has 0 aliphatic rings. The smallest absolute Gasteiger partial charge is 0.313 e. The molecule has 1 amide bonds. The summed E-state index contributed by atoms with van der Waals surface area (Å²) in [6.45, 7) is 14.6. The molecule has 0 bridgehead atoms. The highest BCUT2D eigenvalue weighted by Gasteiger charge is 2.25. The van der Waals surface area contributed by atoms with Gasteiger partial charge in [-0.3, -0.25) is 14.4 Å². The summed E-state index contributed by atoms with van der Waals surface area (Å²) >= 11 is 0. The van der Waals surface area contributed by atoms with Crippen LogP contribution in [0.1, 0.15) is 54.4 Å². The van der Waals surface area contributed by atoms with Crippen LogP contribution in [0.25, 0.3) is 0 Å². The minimum Gasteiger partial charge on any atom is -0.512 e. The number of rotatable bonds is 10. The van der Waals surface area contributed by atoms with E-state index in [1.165, 1.54) is 18.4 Å². The Balaban J connectivity index is -0.00000107. The van der Waals surface area contributed by atoms with Crippen molar-refractivity contribution >= 4 is 18.3 Å². The van der Waals surface area contributed by atoms with Crippen molar-refractivity contribution in [3.8, 4) is 0 Å². The molecule has 0 rings (SSSR count). The number of amides is 1. The fraction of sp³-hybridized carbons (Fsp3) is 0.591. The van der Waals surface area contributed by atoms with Gasteiger partial charge in [-0.1, -0.05) is 26.8 Å². The zero-order chi connectivity index (χ0) is 24.1. The Hall–Kier alpha value is -2.77. The first-order valence-corrected chi connectivity index (χ1v) is 9.85. The maximum absolute atomic E-state index is 12.1. The number of hydrogen-bond donors (Lipinski definition) is 3. The van der Waals surface area contributed by atoms with Gasteiger partial charge in [0.2, 0.25) is 6.41 Å². The summed E-state index contributed by atoms with van der Waals surface area (Å²) in [5.74, 6) is -1.09. The van der Waals surface area contributed by atoms with Gasteiger partial charge in [-0.2, -0.15) is 0 Å². The van der Waals surface area contributed by atoms with Crippen LogP contribution < -0.4 is 11.5 Å². The second-order valence-corrected chi connectivity index (χ2v) is 7.08. The number of ether oxygens (including phenoxy) is 2. The molecule has 2 atom stereocenters. The van der Waals surface area contributed by atoms with Gasteiger partial charge >= 0.3 is 11.9 Å². The van der Waals surface area contributed by atoms with Crippen LogP contribution in [0.4, 0.5) is 0 Å². The average Bonchev–Trinajstić information content (AvgIpc) is 2.63. The lowest BCUT2D eigenvalue weighted by atomic mass is 9.95. The topological polar surface area (TPSA) is 142 Å². The number of aliphatic hydroxyl groups excluding tert-OH is 1. The SMILES string of the molecule is C=CC.CC(C)OC(=O)C(COC(=O)CC(C)C(C)C)C/C(O)=C\C=C/N.NC=O. The molecule has 0 saturated carbocycles. The van der Waals surface area contributed by atoms with Crippen molar-refractivity contribution in [2.45, 2.75) is 60.5 Å². The quantitative estimate of drug-likeness (QED) is 0.159. The number of nitrogens with two attached hydrogens (primary N) is 2. The van der Waals surface area contributed by atoms with Gasteiger partial charge in [0.1, 0.15) is 6.61 Å². The van der Waals surface area contributed by atoms with E-state index in [0.29, 0.717) is 12.3 Å². The first kappa shape index (κ1) is 31.9. The van der Waals surface area contributed by atoms with Gasteiger partial charge in [-0.05, 0) is 51.0 Å². The zero-order valence-corrected chi connectivity index (χ0v) is 19.2. The summed E-state index contributed by atoms with van der Waals surface area (Å²) in [6.07, 6.45) is 6.14. The van der Waals surface area contributed by atoms with E-state index in [9.17, 15) is 14.7 Å². The molecular weight excluding hydrogens is 388 g/mol. The van der Waals surface area contributed by atoms with Crippen molar-refractivity contribution in [2.24, 2.45) is 29.2 Å². The predicted octanol–water partition coefficient (Wildman–Crippen LogP) is 3.38. The maximum atomic E-state index is 12.1. The van der Waals surface area contributed by atoms with Crippen LogP contribution in [0.2, 0.25) is 0 Å². The van der Waals surface area contributed by atoms with Gasteiger partial charge < -0.3 is 26.0 Å². The van der Waals surface area contributed by atoms with Gasteiger partial charge in [-0.15, -0.1) is 6.58 Å². The van der Waals surface area contributed by atoms with Crippen LogP contribution in [0, 0.1) is 17.8 Å². The number of allylic oxidation sites excluding steroid dienone is 4. The Labute approximate surface area is 181 Å². The van der Waals surface area contributed by atoms with Crippen molar-refractivity contribution in [3.63, 3.8) is 0 Å². The van der Waals surface area contributed by atoms with Crippen LogP contribution in [-0.2, 0) is 23.9 Å². The Morgan fingerprint density at radius 1 is 1.10 bits per heavy atom. The van der Waals surface area contributed by atoms with Crippen LogP contribution in [0.3, 0.4) is 0 Å². The second kappa shape index (κ2) is 21.0. The molecule has 0 aromatic rings. The molecule has 0 aromatic carbocycles. The van der Waals surface area contributed by atoms with E-state index in [1.807, 2.05) is 27.7 Å². The summed E-state index contributed by atoms with van der Waals surface area (Å²) < 4.78 is 10.4. The van der Waals surface area contributed by atoms with Crippen molar-refractivity contribution in [1.82, 2.24) is 0 Å². The predicted molar refractivity (Wildman–Crippen MR) is 119 cm³/mol. The molecule has 30 heavy (non-hydrogen) atoms. The normalized spacial score (nSPS) is 12.7. The summed E-state index contributed by atoms with van der Waals surface area (Å²) in [7, 11) is 0. The van der Waals surface area contributed by atoms with E-state index in [0.717, 1.165) is 0 Å². The molecule has 0 heterocycles. The lowest BCUT2D eigenvalue weighted by Crippen LogP contribution is -2.27. The first-order valence-electron chi connectivity index (χ1n) is 9.85. The highest BCUT2D eigenvalue weighted by Crippen LogP contribution is 2.17. The monoisotopic (exact) mass is 428 g/mol. The lowest BCUT2D eigenvalue weighted by molar-refractivity contribution is -0.158. The number of hydrogen-bond acceptors (Lipinski definition) is 7. The van der Waals surface area contributed by atoms with E-state index >= 15 is 0 Å². The minimum atomic E-state index is -0.756. The van der Waals surface area contributed by atoms with Crippen LogP contribution in [0.5, 0.6) is 0 Å². The molecule has 0 saturated heterocycles. The van der Waals surface area contributed by atoms with E-state index in [1.54, 1.807) is 19.9 Å². The summed E-state index contributed by atoms with van der Waals surface area (Å²) in [5, 5.41) is 9.82. The molecule has 0 aliphatic carbocycles. The van der Waals surface area contributed by atoms with E-state index < -0.39 is 11.9 Å². The number of esters is 2. The third-order valence-corrected chi connectivity index (χ3v) is 3.61.